The number of carbonyl (C=O) groups is 1. The Morgan fingerprint density at radius 3 is 2.69 bits per heavy atom. The lowest BCUT2D eigenvalue weighted by Crippen LogP contribution is -2.64. The molecule has 2 heterocycles. The van der Waals surface area contributed by atoms with Crippen LogP contribution in [0.2, 0.25) is 0 Å². The van der Waals surface area contributed by atoms with Crippen LogP contribution in [0.5, 0.6) is 0 Å². The van der Waals surface area contributed by atoms with E-state index in [1.165, 1.54) is 0 Å². The summed E-state index contributed by atoms with van der Waals surface area (Å²) in [5.41, 5.74) is 5.79. The second-order valence-electron chi connectivity index (χ2n) is 4.21. The fraction of sp³-hybridized carbons (Fsp3) is 0.875. The number of carboxylic acid groups (broad SMARTS) is 1. The van der Waals surface area contributed by atoms with Gasteiger partial charge in [-0.1, -0.05) is 0 Å². The van der Waals surface area contributed by atoms with Crippen LogP contribution in [0.1, 0.15) is 13.8 Å². The fourth-order valence-corrected chi connectivity index (χ4v) is 3.76. The first kappa shape index (κ1) is 9.30. The minimum atomic E-state index is -0.730. The zero-order valence-corrected chi connectivity index (χ0v) is 8.54. The van der Waals surface area contributed by atoms with Gasteiger partial charge in [-0.05, 0) is 13.8 Å². The molecule has 0 aromatic rings. The Bertz CT molecular complexity index is 257. The van der Waals surface area contributed by atoms with Crippen LogP contribution >= 0.6 is 11.8 Å². The van der Waals surface area contributed by atoms with Gasteiger partial charge in [-0.25, -0.2) is 0 Å². The maximum absolute atomic E-state index is 11.0. The van der Waals surface area contributed by atoms with Crippen molar-refractivity contribution in [3.63, 3.8) is 0 Å². The summed E-state index contributed by atoms with van der Waals surface area (Å²) in [6.45, 7) is 4.67. The minimum Gasteiger partial charge on any atom is -0.480 e. The van der Waals surface area contributed by atoms with E-state index in [1.807, 2.05) is 18.7 Å². The second kappa shape index (κ2) is 2.62. The summed E-state index contributed by atoms with van der Waals surface area (Å²) >= 11 is 1.68. The summed E-state index contributed by atoms with van der Waals surface area (Å²) in [6, 6.07) is -0.226. The molecule has 0 aromatic heterocycles. The lowest BCUT2D eigenvalue weighted by Gasteiger charge is -2.42. The molecule has 5 heteroatoms. The Kier molecular flexibility index (Phi) is 1.87. The van der Waals surface area contributed by atoms with Gasteiger partial charge in [0.15, 0.2) is 0 Å². The van der Waals surface area contributed by atoms with E-state index in [1.54, 1.807) is 11.8 Å². The lowest BCUT2D eigenvalue weighted by molar-refractivity contribution is -0.145. The first-order valence-corrected chi connectivity index (χ1v) is 5.23. The molecular weight excluding hydrogens is 188 g/mol. The van der Waals surface area contributed by atoms with Crippen LogP contribution in [0.4, 0.5) is 0 Å². The number of fused-ring (bicyclic) bond motifs is 1. The van der Waals surface area contributed by atoms with Crippen LogP contribution in [-0.2, 0) is 4.79 Å². The Morgan fingerprint density at radius 1 is 1.69 bits per heavy atom. The van der Waals surface area contributed by atoms with Gasteiger partial charge in [0.25, 0.3) is 0 Å². The highest BCUT2D eigenvalue weighted by Crippen LogP contribution is 2.49. The SMILES string of the molecule is CC1(C)SC2C(N)CN2C1C(=O)O. The van der Waals surface area contributed by atoms with Crippen molar-refractivity contribution in [2.45, 2.75) is 36.1 Å². The maximum Gasteiger partial charge on any atom is 0.322 e. The first-order chi connectivity index (χ1) is 5.93. The van der Waals surface area contributed by atoms with Crippen LogP contribution in [0.15, 0.2) is 0 Å². The zero-order valence-electron chi connectivity index (χ0n) is 7.73. The predicted octanol–water partition coefficient (Wildman–Crippen LogP) is -0.0660. The summed E-state index contributed by atoms with van der Waals surface area (Å²) in [4.78, 5) is 13.0. The number of thioether (sulfide) groups is 1. The molecule has 2 rings (SSSR count). The highest BCUT2D eigenvalue weighted by Gasteiger charge is 2.57. The van der Waals surface area contributed by atoms with E-state index in [2.05, 4.69) is 0 Å². The van der Waals surface area contributed by atoms with Crippen molar-refractivity contribution in [3.8, 4) is 0 Å². The monoisotopic (exact) mass is 202 g/mol. The normalized spacial score (nSPS) is 42.5. The number of hydrogen-bond donors (Lipinski definition) is 2. The molecule has 0 amide bonds. The third-order valence-electron chi connectivity index (χ3n) is 2.76. The summed E-state index contributed by atoms with van der Waals surface area (Å²) in [5, 5.41) is 9.28. The summed E-state index contributed by atoms with van der Waals surface area (Å²) < 4.78 is -0.218. The molecule has 3 atom stereocenters. The van der Waals surface area contributed by atoms with E-state index >= 15 is 0 Å². The zero-order chi connectivity index (χ0) is 9.80. The predicted molar refractivity (Wildman–Crippen MR) is 51.6 cm³/mol. The molecule has 0 aromatic carbocycles. The average molecular weight is 202 g/mol. The molecule has 2 aliphatic heterocycles. The third kappa shape index (κ3) is 1.18. The Hall–Kier alpha value is -0.260. The summed E-state index contributed by atoms with van der Waals surface area (Å²) in [6.07, 6.45) is 0. The highest BCUT2D eigenvalue weighted by molar-refractivity contribution is 8.01. The molecule has 0 bridgehead atoms. The number of nitrogens with zero attached hydrogens (tertiary/aromatic N) is 1. The second-order valence-corrected chi connectivity index (χ2v) is 5.98. The smallest absolute Gasteiger partial charge is 0.322 e. The van der Waals surface area contributed by atoms with Crippen molar-refractivity contribution in [3.05, 3.63) is 0 Å². The van der Waals surface area contributed by atoms with Gasteiger partial charge in [0, 0.05) is 17.3 Å². The van der Waals surface area contributed by atoms with Gasteiger partial charge < -0.3 is 10.8 Å². The Morgan fingerprint density at radius 2 is 2.31 bits per heavy atom. The van der Waals surface area contributed by atoms with Crippen LogP contribution in [-0.4, -0.2) is 44.7 Å². The molecule has 2 aliphatic rings. The third-order valence-corrected chi connectivity index (χ3v) is 4.46. The van der Waals surface area contributed by atoms with Crippen molar-refractivity contribution >= 4 is 17.7 Å². The molecule has 2 fully saturated rings. The van der Waals surface area contributed by atoms with E-state index in [4.69, 9.17) is 10.8 Å². The number of nitrogens with two attached hydrogens (primary N) is 1. The molecule has 0 aliphatic carbocycles. The van der Waals surface area contributed by atoms with Gasteiger partial charge in [0.1, 0.15) is 6.04 Å². The Labute approximate surface area is 81.5 Å². The van der Waals surface area contributed by atoms with Gasteiger partial charge in [-0.2, -0.15) is 0 Å². The van der Waals surface area contributed by atoms with E-state index in [0.29, 0.717) is 0 Å². The molecule has 0 spiro atoms. The minimum absolute atomic E-state index is 0.147. The largest absolute Gasteiger partial charge is 0.480 e. The number of rotatable bonds is 1. The van der Waals surface area contributed by atoms with Gasteiger partial charge in [-0.15, -0.1) is 11.8 Å². The van der Waals surface area contributed by atoms with Crippen molar-refractivity contribution in [2.75, 3.05) is 6.54 Å². The first-order valence-electron chi connectivity index (χ1n) is 4.35. The van der Waals surface area contributed by atoms with Crippen molar-refractivity contribution in [2.24, 2.45) is 5.73 Å². The molecule has 0 radical (unpaired) electrons. The van der Waals surface area contributed by atoms with Crippen molar-refractivity contribution in [1.82, 2.24) is 4.90 Å². The van der Waals surface area contributed by atoms with E-state index in [0.717, 1.165) is 6.54 Å². The molecule has 0 saturated carbocycles. The van der Waals surface area contributed by atoms with Gasteiger partial charge in [0.2, 0.25) is 0 Å². The standard InChI is InChI=1S/C8H14N2O2S/c1-8(2)5(7(11)12)10-3-4(9)6(10)13-8/h4-6H,3,9H2,1-2H3,(H,11,12). The molecule has 74 valence electrons. The summed E-state index contributed by atoms with van der Waals surface area (Å²) in [5.74, 6) is -0.730. The van der Waals surface area contributed by atoms with E-state index < -0.39 is 5.97 Å². The van der Waals surface area contributed by atoms with Gasteiger partial charge in [0.05, 0.1) is 5.37 Å². The quantitative estimate of drug-likeness (QED) is 0.623. The molecule has 4 nitrogen and oxygen atoms in total. The Balaban J connectivity index is 2.22. The number of aliphatic carboxylic acids is 1. The van der Waals surface area contributed by atoms with Crippen molar-refractivity contribution < 1.29 is 9.90 Å². The average Bonchev–Trinajstić information content (AvgIpc) is 2.19. The van der Waals surface area contributed by atoms with Crippen molar-refractivity contribution in [1.29, 1.82) is 0 Å². The molecule has 2 saturated heterocycles. The number of carboxylic acids is 1. The van der Waals surface area contributed by atoms with Crippen LogP contribution < -0.4 is 5.73 Å². The lowest BCUT2D eigenvalue weighted by atomic mass is 9.97. The number of hydrogen-bond acceptors (Lipinski definition) is 4. The van der Waals surface area contributed by atoms with Crippen LogP contribution in [0.25, 0.3) is 0 Å². The maximum atomic E-state index is 11.0. The fourth-order valence-electron chi connectivity index (χ4n) is 2.17. The van der Waals surface area contributed by atoms with Gasteiger partial charge >= 0.3 is 5.97 Å². The van der Waals surface area contributed by atoms with E-state index in [9.17, 15) is 4.79 Å². The molecule has 13 heavy (non-hydrogen) atoms. The highest BCUT2D eigenvalue weighted by atomic mass is 32.2. The van der Waals surface area contributed by atoms with Gasteiger partial charge in [-0.3, -0.25) is 9.69 Å². The molecular formula is C8H14N2O2S. The molecule has 3 N–H and O–H groups in total. The van der Waals surface area contributed by atoms with Crippen LogP contribution in [0.3, 0.4) is 0 Å². The van der Waals surface area contributed by atoms with Crippen LogP contribution in [0, 0.1) is 0 Å². The van der Waals surface area contributed by atoms with E-state index in [-0.39, 0.29) is 22.2 Å². The topological polar surface area (TPSA) is 66.6 Å². The summed E-state index contributed by atoms with van der Waals surface area (Å²) in [7, 11) is 0. The molecule has 3 unspecified atom stereocenters.